The van der Waals surface area contributed by atoms with E-state index in [2.05, 4.69) is 0 Å². The molecule has 0 saturated carbocycles. The van der Waals surface area contributed by atoms with Crippen LogP contribution < -0.4 is 4.74 Å². The highest BCUT2D eigenvalue weighted by Gasteiger charge is 2.19. The molecule has 0 fully saturated rings. The monoisotopic (exact) mass is 322 g/mol. The van der Waals surface area contributed by atoms with E-state index in [0.717, 1.165) is 0 Å². The summed E-state index contributed by atoms with van der Waals surface area (Å²) in [5.41, 5.74) is 0.311. The lowest BCUT2D eigenvalue weighted by molar-refractivity contribution is -0.137. The van der Waals surface area contributed by atoms with Gasteiger partial charge in [-0.1, -0.05) is 12.1 Å². The van der Waals surface area contributed by atoms with E-state index in [0.29, 0.717) is 17.9 Å². The molecule has 0 aromatic heterocycles. The summed E-state index contributed by atoms with van der Waals surface area (Å²) in [6.45, 7) is 2.12. The molecule has 1 aromatic rings. The first-order chi connectivity index (χ1) is 10.9. The number of carbonyl (C=O) groups is 3. The number of carboxylic acids is 1. The molecule has 2 amide bonds. The molecule has 1 aromatic carbocycles. The van der Waals surface area contributed by atoms with Crippen molar-refractivity contribution in [3.05, 3.63) is 29.8 Å². The highest BCUT2D eigenvalue weighted by Crippen LogP contribution is 2.20. The van der Waals surface area contributed by atoms with Crippen LogP contribution in [0.2, 0.25) is 0 Å². The van der Waals surface area contributed by atoms with Crippen molar-refractivity contribution in [1.29, 1.82) is 0 Å². The smallest absolute Gasteiger partial charge is 0.305 e. The standard InChI is InChI=1S/C16H22N2O5/c1-4-18(10-9-15(20)21)16(22)12-7-5-6-8-13(12)23-11-14(19)17(2)3/h5-8H,4,9-11H2,1-3H3,(H,20,21). The zero-order valence-electron chi connectivity index (χ0n) is 13.6. The van der Waals surface area contributed by atoms with Gasteiger partial charge in [0.2, 0.25) is 0 Å². The number of para-hydroxylation sites is 1. The number of benzene rings is 1. The number of hydrogen-bond donors (Lipinski definition) is 1. The van der Waals surface area contributed by atoms with Crippen LogP contribution in [-0.4, -0.2) is 66.5 Å². The summed E-state index contributed by atoms with van der Waals surface area (Å²) in [5, 5.41) is 8.76. The summed E-state index contributed by atoms with van der Waals surface area (Å²) in [4.78, 5) is 37.7. The zero-order valence-corrected chi connectivity index (χ0v) is 13.6. The van der Waals surface area contributed by atoms with E-state index in [1.807, 2.05) is 0 Å². The Bertz CT molecular complexity index is 571. The van der Waals surface area contributed by atoms with Gasteiger partial charge in [0.05, 0.1) is 12.0 Å². The van der Waals surface area contributed by atoms with Gasteiger partial charge in [0.15, 0.2) is 6.61 Å². The highest BCUT2D eigenvalue weighted by molar-refractivity contribution is 5.97. The van der Waals surface area contributed by atoms with Crippen LogP contribution in [0.4, 0.5) is 0 Å². The van der Waals surface area contributed by atoms with Crippen molar-refractivity contribution in [3.63, 3.8) is 0 Å². The largest absolute Gasteiger partial charge is 0.483 e. The molecule has 1 rings (SSSR count). The number of carbonyl (C=O) groups excluding carboxylic acids is 2. The molecular formula is C16H22N2O5. The predicted molar refractivity (Wildman–Crippen MR) is 84.5 cm³/mol. The van der Waals surface area contributed by atoms with Crippen molar-refractivity contribution in [1.82, 2.24) is 9.80 Å². The van der Waals surface area contributed by atoms with E-state index < -0.39 is 5.97 Å². The molecule has 0 spiro atoms. The minimum absolute atomic E-state index is 0.121. The summed E-state index contributed by atoms with van der Waals surface area (Å²) in [7, 11) is 3.24. The van der Waals surface area contributed by atoms with Gasteiger partial charge in [0.25, 0.3) is 11.8 Å². The average Bonchev–Trinajstić information content (AvgIpc) is 2.52. The lowest BCUT2D eigenvalue weighted by Crippen LogP contribution is -2.33. The Hall–Kier alpha value is -2.57. The maximum Gasteiger partial charge on any atom is 0.305 e. The molecule has 126 valence electrons. The van der Waals surface area contributed by atoms with Crippen LogP contribution in [0.1, 0.15) is 23.7 Å². The van der Waals surface area contributed by atoms with Gasteiger partial charge in [0, 0.05) is 27.2 Å². The Balaban J connectivity index is 2.87. The number of rotatable bonds is 8. The molecule has 23 heavy (non-hydrogen) atoms. The van der Waals surface area contributed by atoms with Crippen molar-refractivity contribution in [2.24, 2.45) is 0 Å². The van der Waals surface area contributed by atoms with Gasteiger partial charge in [-0.25, -0.2) is 0 Å². The van der Waals surface area contributed by atoms with Crippen LogP contribution in [0, 0.1) is 0 Å². The van der Waals surface area contributed by atoms with Gasteiger partial charge >= 0.3 is 5.97 Å². The normalized spacial score (nSPS) is 10.0. The van der Waals surface area contributed by atoms with Crippen molar-refractivity contribution >= 4 is 17.8 Å². The van der Waals surface area contributed by atoms with Crippen molar-refractivity contribution < 1.29 is 24.2 Å². The van der Waals surface area contributed by atoms with Gasteiger partial charge in [-0.05, 0) is 19.1 Å². The molecule has 0 radical (unpaired) electrons. The number of amides is 2. The van der Waals surface area contributed by atoms with Gasteiger partial charge in [-0.2, -0.15) is 0 Å². The maximum atomic E-state index is 12.5. The lowest BCUT2D eigenvalue weighted by Gasteiger charge is -2.21. The third-order valence-electron chi connectivity index (χ3n) is 3.23. The number of hydrogen-bond acceptors (Lipinski definition) is 4. The van der Waals surface area contributed by atoms with E-state index in [9.17, 15) is 14.4 Å². The minimum Gasteiger partial charge on any atom is -0.483 e. The van der Waals surface area contributed by atoms with E-state index in [4.69, 9.17) is 9.84 Å². The minimum atomic E-state index is -0.961. The molecule has 0 aliphatic carbocycles. The average molecular weight is 322 g/mol. The molecule has 1 N–H and O–H groups in total. The van der Waals surface area contributed by atoms with E-state index in [1.54, 1.807) is 45.3 Å². The van der Waals surface area contributed by atoms with Gasteiger partial charge in [0.1, 0.15) is 5.75 Å². The SMILES string of the molecule is CCN(CCC(=O)O)C(=O)c1ccccc1OCC(=O)N(C)C. The molecule has 0 saturated heterocycles. The lowest BCUT2D eigenvalue weighted by atomic mass is 10.1. The second-order valence-corrected chi connectivity index (χ2v) is 5.10. The molecular weight excluding hydrogens is 300 g/mol. The van der Waals surface area contributed by atoms with E-state index in [1.165, 1.54) is 9.80 Å². The first kappa shape index (κ1) is 18.5. The molecule has 7 nitrogen and oxygen atoms in total. The second-order valence-electron chi connectivity index (χ2n) is 5.10. The summed E-state index contributed by atoms with van der Waals surface area (Å²) < 4.78 is 5.45. The summed E-state index contributed by atoms with van der Waals surface area (Å²) in [5.74, 6) is -1.19. The van der Waals surface area contributed by atoms with Crippen molar-refractivity contribution in [2.45, 2.75) is 13.3 Å². The molecule has 0 atom stereocenters. The number of aliphatic carboxylic acids is 1. The van der Waals surface area contributed by atoms with E-state index >= 15 is 0 Å². The predicted octanol–water partition coefficient (Wildman–Crippen LogP) is 1.09. The van der Waals surface area contributed by atoms with Crippen LogP contribution >= 0.6 is 0 Å². The first-order valence-electron chi connectivity index (χ1n) is 7.29. The molecule has 0 heterocycles. The number of ether oxygens (including phenoxy) is 1. The molecule has 0 aliphatic heterocycles. The zero-order chi connectivity index (χ0) is 17.4. The first-order valence-corrected chi connectivity index (χ1v) is 7.29. The Morgan fingerprint density at radius 2 is 1.83 bits per heavy atom. The fourth-order valence-corrected chi connectivity index (χ4v) is 1.84. The number of likely N-dealkylation sites (N-methyl/N-ethyl adjacent to an activating group) is 1. The van der Waals surface area contributed by atoms with Gasteiger partial charge in [-0.3, -0.25) is 14.4 Å². The van der Waals surface area contributed by atoms with Crippen LogP contribution in [0.3, 0.4) is 0 Å². The molecule has 7 heteroatoms. The Morgan fingerprint density at radius 1 is 1.17 bits per heavy atom. The topological polar surface area (TPSA) is 87.1 Å². The van der Waals surface area contributed by atoms with Crippen LogP contribution in [0.25, 0.3) is 0 Å². The maximum absolute atomic E-state index is 12.5. The number of carboxylic acid groups (broad SMARTS) is 1. The van der Waals surface area contributed by atoms with Crippen LogP contribution in [0.5, 0.6) is 5.75 Å². The van der Waals surface area contributed by atoms with Crippen LogP contribution in [-0.2, 0) is 9.59 Å². The third-order valence-corrected chi connectivity index (χ3v) is 3.23. The van der Waals surface area contributed by atoms with E-state index in [-0.39, 0.29) is 31.4 Å². The van der Waals surface area contributed by atoms with Gasteiger partial charge in [-0.15, -0.1) is 0 Å². The molecule has 0 bridgehead atoms. The Morgan fingerprint density at radius 3 is 2.39 bits per heavy atom. The van der Waals surface area contributed by atoms with Crippen molar-refractivity contribution in [2.75, 3.05) is 33.8 Å². The Labute approximate surface area is 135 Å². The summed E-state index contributed by atoms with van der Waals surface area (Å²) in [6.07, 6.45) is -0.123. The summed E-state index contributed by atoms with van der Waals surface area (Å²) in [6, 6.07) is 6.61. The quantitative estimate of drug-likeness (QED) is 0.774. The van der Waals surface area contributed by atoms with Crippen molar-refractivity contribution in [3.8, 4) is 5.75 Å². The third kappa shape index (κ3) is 5.61. The second kappa shape index (κ2) is 8.77. The number of nitrogens with zero attached hydrogens (tertiary/aromatic N) is 2. The Kier molecular flexibility index (Phi) is 7.05. The molecule has 0 unspecified atom stereocenters. The van der Waals surface area contributed by atoms with Gasteiger partial charge < -0.3 is 19.6 Å². The highest BCUT2D eigenvalue weighted by atomic mass is 16.5. The molecule has 0 aliphatic rings. The summed E-state index contributed by atoms with van der Waals surface area (Å²) >= 11 is 0. The fourth-order valence-electron chi connectivity index (χ4n) is 1.84. The fraction of sp³-hybridized carbons (Fsp3) is 0.438. The van der Waals surface area contributed by atoms with Crippen LogP contribution in [0.15, 0.2) is 24.3 Å².